The number of hydrogen-bond donors (Lipinski definition) is 2. The smallest absolute Gasteiger partial charge is 0.159 e. The number of unbranched alkanes of at least 4 members (excludes halogenated alkanes) is 1. The molecule has 0 aromatic heterocycles. The van der Waals surface area contributed by atoms with Crippen molar-refractivity contribution in [3.63, 3.8) is 0 Å². The molecular weight excluding hydrogens is 216 g/mol. The molecule has 0 rings (SSSR count). The number of ether oxygens (including phenoxy) is 2. The Morgan fingerprint density at radius 3 is 2.47 bits per heavy atom. The van der Waals surface area contributed by atoms with Gasteiger partial charge in [-0.2, -0.15) is 0 Å². The van der Waals surface area contributed by atoms with Gasteiger partial charge in [-0.25, -0.2) is 0 Å². The van der Waals surface area contributed by atoms with E-state index in [1.165, 1.54) is 0 Å². The maximum absolute atomic E-state index is 8.71. The number of aliphatic hydroxyl groups excluding tert-OH is 2. The molecule has 0 heterocycles. The lowest BCUT2D eigenvalue weighted by molar-refractivity contribution is -0.0206. The van der Waals surface area contributed by atoms with Crippen LogP contribution in [-0.4, -0.2) is 47.8 Å². The van der Waals surface area contributed by atoms with Crippen molar-refractivity contribution in [1.29, 1.82) is 0 Å². The number of thiocarbonyl (C=S) groups is 1. The van der Waals surface area contributed by atoms with Gasteiger partial charge < -0.3 is 19.7 Å². The molecule has 0 saturated heterocycles. The second-order valence-corrected chi connectivity index (χ2v) is 3.58. The Bertz CT molecular complexity index is 160. The highest BCUT2D eigenvalue weighted by molar-refractivity contribution is 7.80. The van der Waals surface area contributed by atoms with Crippen LogP contribution in [0, 0.1) is 0 Å². The summed E-state index contributed by atoms with van der Waals surface area (Å²) in [5, 5.41) is 18.1. The SMILES string of the molecule is CCOC(=S)CCCCOC(CO)CO. The predicted molar refractivity (Wildman–Crippen MR) is 62.0 cm³/mol. The molecule has 90 valence electrons. The van der Waals surface area contributed by atoms with Crippen molar-refractivity contribution < 1.29 is 19.7 Å². The van der Waals surface area contributed by atoms with Crippen molar-refractivity contribution in [2.45, 2.75) is 32.3 Å². The van der Waals surface area contributed by atoms with Crippen LogP contribution in [0.1, 0.15) is 26.2 Å². The van der Waals surface area contributed by atoms with Crippen molar-refractivity contribution in [3.8, 4) is 0 Å². The van der Waals surface area contributed by atoms with E-state index in [0.717, 1.165) is 19.3 Å². The zero-order valence-corrected chi connectivity index (χ0v) is 9.96. The first kappa shape index (κ1) is 14.8. The van der Waals surface area contributed by atoms with Crippen molar-refractivity contribution in [1.82, 2.24) is 0 Å². The molecule has 0 unspecified atom stereocenters. The zero-order valence-electron chi connectivity index (χ0n) is 9.15. The summed E-state index contributed by atoms with van der Waals surface area (Å²) in [5.74, 6) is 0. The molecule has 2 N–H and O–H groups in total. The van der Waals surface area contributed by atoms with Gasteiger partial charge in [-0.3, -0.25) is 0 Å². The van der Waals surface area contributed by atoms with Gasteiger partial charge in [0.2, 0.25) is 0 Å². The van der Waals surface area contributed by atoms with E-state index in [2.05, 4.69) is 0 Å². The third-order valence-corrected chi connectivity index (χ3v) is 2.16. The first-order valence-electron chi connectivity index (χ1n) is 5.23. The minimum absolute atomic E-state index is 0.145. The summed E-state index contributed by atoms with van der Waals surface area (Å²) in [6.07, 6.45) is 2.06. The van der Waals surface area contributed by atoms with Gasteiger partial charge in [-0.05, 0) is 32.0 Å². The van der Waals surface area contributed by atoms with Gasteiger partial charge in [-0.1, -0.05) is 0 Å². The van der Waals surface area contributed by atoms with Crippen LogP contribution in [0.4, 0.5) is 0 Å². The molecule has 0 fully saturated rings. The van der Waals surface area contributed by atoms with Crippen LogP contribution in [0.15, 0.2) is 0 Å². The Kier molecular flexibility index (Phi) is 10.1. The summed E-state index contributed by atoms with van der Waals surface area (Å²) >= 11 is 4.96. The molecule has 0 aromatic rings. The highest BCUT2D eigenvalue weighted by Gasteiger charge is 2.04. The minimum atomic E-state index is -0.455. The zero-order chi connectivity index (χ0) is 11.5. The molecule has 0 aliphatic carbocycles. The quantitative estimate of drug-likeness (QED) is 0.460. The normalized spacial score (nSPS) is 10.7. The van der Waals surface area contributed by atoms with Gasteiger partial charge in [0, 0.05) is 13.0 Å². The summed E-state index contributed by atoms with van der Waals surface area (Å²) in [6, 6.07) is 0. The number of hydrogen-bond acceptors (Lipinski definition) is 5. The van der Waals surface area contributed by atoms with Crippen molar-refractivity contribution in [3.05, 3.63) is 0 Å². The molecule has 4 nitrogen and oxygen atoms in total. The Labute approximate surface area is 96.2 Å². The average Bonchev–Trinajstić information content (AvgIpc) is 2.24. The van der Waals surface area contributed by atoms with E-state index < -0.39 is 6.10 Å². The monoisotopic (exact) mass is 236 g/mol. The maximum Gasteiger partial charge on any atom is 0.159 e. The van der Waals surface area contributed by atoms with E-state index in [9.17, 15) is 0 Å². The Morgan fingerprint density at radius 2 is 1.93 bits per heavy atom. The summed E-state index contributed by atoms with van der Waals surface area (Å²) in [4.78, 5) is 0. The summed E-state index contributed by atoms with van der Waals surface area (Å²) in [6.45, 7) is 2.76. The lowest BCUT2D eigenvalue weighted by Gasteiger charge is -2.12. The highest BCUT2D eigenvalue weighted by Crippen LogP contribution is 2.01. The fraction of sp³-hybridized carbons (Fsp3) is 0.900. The Hall–Kier alpha value is -0.230. The van der Waals surface area contributed by atoms with E-state index in [1.807, 2.05) is 6.92 Å². The average molecular weight is 236 g/mol. The molecule has 0 atom stereocenters. The molecule has 0 aliphatic rings. The van der Waals surface area contributed by atoms with Crippen molar-refractivity contribution in [2.24, 2.45) is 0 Å². The van der Waals surface area contributed by atoms with Crippen molar-refractivity contribution in [2.75, 3.05) is 26.4 Å². The summed E-state index contributed by atoms with van der Waals surface area (Å²) in [7, 11) is 0. The second-order valence-electron chi connectivity index (χ2n) is 3.12. The lowest BCUT2D eigenvalue weighted by atomic mass is 10.2. The van der Waals surface area contributed by atoms with E-state index in [1.54, 1.807) is 0 Å². The highest BCUT2D eigenvalue weighted by atomic mass is 32.1. The van der Waals surface area contributed by atoms with Gasteiger partial charge in [-0.15, -0.1) is 0 Å². The first-order valence-corrected chi connectivity index (χ1v) is 5.64. The van der Waals surface area contributed by atoms with Gasteiger partial charge >= 0.3 is 0 Å². The largest absolute Gasteiger partial charge is 0.487 e. The third kappa shape index (κ3) is 8.74. The molecule has 0 radical (unpaired) electrons. The predicted octanol–water partition coefficient (Wildman–Crippen LogP) is 0.890. The van der Waals surface area contributed by atoms with Crippen LogP contribution in [0.25, 0.3) is 0 Å². The van der Waals surface area contributed by atoms with Gasteiger partial charge in [0.05, 0.1) is 19.8 Å². The van der Waals surface area contributed by atoms with Gasteiger partial charge in [0.25, 0.3) is 0 Å². The van der Waals surface area contributed by atoms with E-state index >= 15 is 0 Å². The molecular formula is C10H20O4S. The standard InChI is InChI=1S/C10H20O4S/c1-2-13-10(15)5-3-4-6-14-9(7-11)8-12/h9,11-12H,2-8H2,1H3. The lowest BCUT2D eigenvalue weighted by Crippen LogP contribution is -2.22. The van der Waals surface area contributed by atoms with E-state index in [4.69, 9.17) is 31.9 Å². The minimum Gasteiger partial charge on any atom is -0.487 e. The summed E-state index contributed by atoms with van der Waals surface area (Å²) in [5.41, 5.74) is 0. The van der Waals surface area contributed by atoms with E-state index in [-0.39, 0.29) is 13.2 Å². The topological polar surface area (TPSA) is 58.9 Å². The van der Waals surface area contributed by atoms with Crippen molar-refractivity contribution >= 4 is 17.3 Å². The molecule has 0 aliphatic heterocycles. The molecule has 0 aromatic carbocycles. The Morgan fingerprint density at radius 1 is 1.27 bits per heavy atom. The molecule has 0 saturated carbocycles. The van der Waals surface area contributed by atoms with Crippen LogP contribution >= 0.6 is 12.2 Å². The molecule has 0 bridgehead atoms. The van der Waals surface area contributed by atoms with Crippen LogP contribution < -0.4 is 0 Å². The second kappa shape index (κ2) is 10.3. The Balaban J connectivity index is 3.27. The number of aliphatic hydroxyl groups is 2. The molecule has 0 spiro atoms. The fourth-order valence-electron chi connectivity index (χ4n) is 1.02. The third-order valence-electron chi connectivity index (χ3n) is 1.84. The van der Waals surface area contributed by atoms with Crippen LogP contribution in [0.5, 0.6) is 0 Å². The number of rotatable bonds is 9. The molecule has 0 amide bonds. The van der Waals surface area contributed by atoms with Crippen LogP contribution in [0.3, 0.4) is 0 Å². The van der Waals surface area contributed by atoms with Gasteiger partial charge in [0.15, 0.2) is 5.05 Å². The van der Waals surface area contributed by atoms with Crippen LogP contribution in [0.2, 0.25) is 0 Å². The molecule has 15 heavy (non-hydrogen) atoms. The first-order chi connectivity index (χ1) is 7.24. The van der Waals surface area contributed by atoms with Crippen LogP contribution in [-0.2, 0) is 9.47 Å². The summed E-state index contributed by atoms with van der Waals surface area (Å²) < 4.78 is 10.3. The van der Waals surface area contributed by atoms with Gasteiger partial charge in [0.1, 0.15) is 6.10 Å². The molecule has 5 heteroatoms. The van der Waals surface area contributed by atoms with E-state index in [0.29, 0.717) is 18.3 Å². The fourth-order valence-corrected chi connectivity index (χ4v) is 1.28. The maximum atomic E-state index is 8.71.